The molecule has 42 heavy (non-hydrogen) atoms. The van der Waals surface area contributed by atoms with E-state index >= 15 is 0 Å². The summed E-state index contributed by atoms with van der Waals surface area (Å²) in [6, 6.07) is 8.93. The van der Waals surface area contributed by atoms with Crippen molar-refractivity contribution < 1.29 is 32.9 Å². The van der Waals surface area contributed by atoms with Gasteiger partial charge in [-0.25, -0.2) is 13.8 Å². The van der Waals surface area contributed by atoms with Crippen LogP contribution in [0.15, 0.2) is 41.4 Å². The Labute approximate surface area is 242 Å². The number of amides is 1. The lowest BCUT2D eigenvalue weighted by atomic mass is 10.1. The molecule has 3 aromatic rings. The first kappa shape index (κ1) is 30.7. The van der Waals surface area contributed by atoms with E-state index in [1.807, 2.05) is 0 Å². The summed E-state index contributed by atoms with van der Waals surface area (Å²) in [5.41, 5.74) is 6.88. The minimum absolute atomic E-state index is 0.0278. The third kappa shape index (κ3) is 7.51. The van der Waals surface area contributed by atoms with Gasteiger partial charge in [-0.1, -0.05) is 6.07 Å². The van der Waals surface area contributed by atoms with Crippen molar-refractivity contribution in [1.82, 2.24) is 15.1 Å². The number of anilines is 2. The van der Waals surface area contributed by atoms with Gasteiger partial charge in [-0.2, -0.15) is 5.10 Å². The van der Waals surface area contributed by atoms with E-state index in [1.165, 1.54) is 24.1 Å². The topological polar surface area (TPSA) is 151 Å². The summed E-state index contributed by atoms with van der Waals surface area (Å²) in [6.07, 6.45) is 0.639. The number of nitrogens with zero attached hydrogens (tertiary/aromatic N) is 4. The van der Waals surface area contributed by atoms with Crippen LogP contribution in [0.4, 0.5) is 26.0 Å². The number of hydrogen-bond acceptors (Lipinski definition) is 9. The van der Waals surface area contributed by atoms with Gasteiger partial charge in [-0.3, -0.25) is 14.8 Å². The predicted octanol–water partition coefficient (Wildman–Crippen LogP) is 2.40. The highest BCUT2D eigenvalue weighted by atomic mass is 19.2. The second kappa shape index (κ2) is 14.6. The van der Waals surface area contributed by atoms with Crippen LogP contribution in [0.2, 0.25) is 0 Å². The molecule has 4 rings (SSSR count). The maximum atomic E-state index is 14.9. The van der Waals surface area contributed by atoms with Gasteiger partial charge in [0.15, 0.2) is 29.0 Å². The van der Waals surface area contributed by atoms with E-state index in [0.717, 1.165) is 6.07 Å². The molecule has 0 atom stereocenters. The number of rotatable bonds is 15. The van der Waals surface area contributed by atoms with E-state index in [0.29, 0.717) is 67.7 Å². The number of aliphatic hydroxyl groups excluding tert-OH is 1. The highest BCUT2D eigenvalue weighted by Gasteiger charge is 2.29. The predicted molar refractivity (Wildman–Crippen MR) is 154 cm³/mol. The standard InChI is InChI=1S/C28H35F2N7O5/c1-40-12-9-36(8-10-38)7-4-11-42-24-16-21-19(15-23(24)41-2)28(33-26-14-18(34-35-26)13-25(31)39)37(17-32-21)22-6-3-5-20(29)27(22)30/h3,5-6,14-16,32,38H,4,7-13,17H2,1-2H3,(H2,31,39)(H,34,35). The number of halogens is 2. The average molecular weight is 588 g/mol. The first-order valence-electron chi connectivity index (χ1n) is 13.4. The van der Waals surface area contributed by atoms with Crippen molar-refractivity contribution in [2.24, 2.45) is 10.7 Å². The normalized spacial score (nSPS) is 13.8. The lowest BCUT2D eigenvalue weighted by molar-refractivity contribution is -0.117. The number of carbonyl (C=O) groups excluding carboxylic acids is 1. The Morgan fingerprint density at radius 2 is 2.00 bits per heavy atom. The molecule has 2 aromatic carbocycles. The van der Waals surface area contributed by atoms with Crippen molar-refractivity contribution in [3.8, 4) is 11.5 Å². The number of nitrogens with one attached hydrogen (secondary N) is 2. The monoisotopic (exact) mass is 587 g/mol. The van der Waals surface area contributed by atoms with Crippen LogP contribution >= 0.6 is 0 Å². The van der Waals surface area contributed by atoms with Crippen LogP contribution in [0.3, 0.4) is 0 Å². The molecule has 0 saturated carbocycles. The van der Waals surface area contributed by atoms with Crippen molar-refractivity contribution >= 4 is 28.9 Å². The molecule has 1 aromatic heterocycles. The Balaban J connectivity index is 1.63. The van der Waals surface area contributed by atoms with Crippen LogP contribution in [-0.2, 0) is 16.0 Å². The van der Waals surface area contributed by atoms with Gasteiger partial charge in [0.2, 0.25) is 5.91 Å². The number of aliphatic imine (C=N–C) groups is 1. The van der Waals surface area contributed by atoms with Crippen LogP contribution in [0.5, 0.6) is 11.5 Å². The number of hydrogen-bond donors (Lipinski definition) is 4. The Bertz CT molecular complexity index is 1400. The molecule has 12 nitrogen and oxygen atoms in total. The molecule has 0 aliphatic carbocycles. The van der Waals surface area contributed by atoms with Crippen LogP contribution < -0.4 is 25.4 Å². The van der Waals surface area contributed by atoms with E-state index in [2.05, 4.69) is 25.4 Å². The van der Waals surface area contributed by atoms with Crippen LogP contribution in [0, 0.1) is 11.6 Å². The van der Waals surface area contributed by atoms with E-state index < -0.39 is 17.5 Å². The van der Waals surface area contributed by atoms with E-state index in [4.69, 9.17) is 19.9 Å². The number of amidine groups is 1. The maximum Gasteiger partial charge on any atom is 0.223 e. The fourth-order valence-corrected chi connectivity index (χ4v) is 4.53. The molecule has 0 saturated heterocycles. The smallest absolute Gasteiger partial charge is 0.223 e. The third-order valence-electron chi connectivity index (χ3n) is 6.56. The summed E-state index contributed by atoms with van der Waals surface area (Å²) in [4.78, 5) is 19.6. The number of benzene rings is 2. The average Bonchev–Trinajstić information content (AvgIpc) is 3.41. The summed E-state index contributed by atoms with van der Waals surface area (Å²) in [6.45, 7) is 3.03. The molecule has 0 radical (unpaired) electrons. The first-order chi connectivity index (χ1) is 20.3. The number of fused-ring (bicyclic) bond motifs is 1. The fraction of sp³-hybridized carbons (Fsp3) is 0.393. The number of aromatic nitrogens is 2. The van der Waals surface area contributed by atoms with Crippen molar-refractivity contribution in [1.29, 1.82) is 0 Å². The summed E-state index contributed by atoms with van der Waals surface area (Å²) < 4.78 is 45.9. The number of H-pyrrole nitrogens is 1. The van der Waals surface area contributed by atoms with Crippen molar-refractivity contribution in [2.45, 2.75) is 12.8 Å². The zero-order valence-corrected chi connectivity index (χ0v) is 23.5. The van der Waals surface area contributed by atoms with E-state index in [1.54, 1.807) is 25.3 Å². The first-order valence-corrected chi connectivity index (χ1v) is 13.4. The highest BCUT2D eigenvalue weighted by molar-refractivity contribution is 6.16. The Morgan fingerprint density at radius 3 is 2.74 bits per heavy atom. The number of methoxy groups -OCH3 is 2. The molecule has 0 fully saturated rings. The molecule has 2 heterocycles. The molecular weight excluding hydrogens is 552 g/mol. The molecule has 0 unspecified atom stereocenters. The Hall–Kier alpha value is -4.27. The molecule has 5 N–H and O–H groups in total. The van der Waals surface area contributed by atoms with Crippen molar-refractivity contribution in [3.63, 3.8) is 0 Å². The molecule has 0 spiro atoms. The number of nitrogens with two attached hydrogens (primary N) is 1. The van der Waals surface area contributed by atoms with E-state index in [9.17, 15) is 18.7 Å². The van der Waals surface area contributed by atoms with Crippen LogP contribution in [0.25, 0.3) is 0 Å². The molecule has 226 valence electrons. The van der Waals surface area contributed by atoms with Gasteiger partial charge in [0.05, 0.1) is 51.4 Å². The lowest BCUT2D eigenvalue weighted by Gasteiger charge is -2.33. The summed E-state index contributed by atoms with van der Waals surface area (Å²) >= 11 is 0. The van der Waals surface area contributed by atoms with Crippen molar-refractivity contribution in [3.05, 3.63) is 59.3 Å². The number of ether oxygens (including phenoxy) is 3. The third-order valence-corrected chi connectivity index (χ3v) is 6.56. The number of carbonyl (C=O) groups is 1. The van der Waals surface area contributed by atoms with Crippen molar-refractivity contribution in [2.75, 3.05) is 70.6 Å². The zero-order chi connectivity index (χ0) is 30.1. The van der Waals surface area contributed by atoms with E-state index in [-0.39, 0.29) is 37.0 Å². The molecule has 1 aliphatic rings. The largest absolute Gasteiger partial charge is 0.493 e. The highest BCUT2D eigenvalue weighted by Crippen LogP contribution is 2.38. The summed E-state index contributed by atoms with van der Waals surface area (Å²) in [7, 11) is 3.14. The van der Waals surface area contributed by atoms with Crippen LogP contribution in [-0.4, -0.2) is 92.3 Å². The summed E-state index contributed by atoms with van der Waals surface area (Å²) in [5.74, 6) is -1.18. The molecule has 14 heteroatoms. The van der Waals surface area contributed by atoms with Gasteiger partial charge < -0.3 is 35.3 Å². The molecule has 0 bridgehead atoms. The summed E-state index contributed by atoms with van der Waals surface area (Å²) in [5, 5.41) is 19.4. The SMILES string of the molecule is COCCN(CCO)CCCOc1cc2c(cc1OC)C(=Nc1cc(CC(N)=O)[nH]n1)N(c1cccc(F)c1F)CN2. The number of primary amides is 1. The molecule has 1 aliphatic heterocycles. The van der Waals surface area contributed by atoms with Gasteiger partial charge >= 0.3 is 0 Å². The van der Waals surface area contributed by atoms with Gasteiger partial charge in [-0.05, 0) is 24.6 Å². The van der Waals surface area contributed by atoms with Gasteiger partial charge in [0.25, 0.3) is 0 Å². The lowest BCUT2D eigenvalue weighted by Crippen LogP contribution is -2.41. The number of aromatic amines is 1. The minimum atomic E-state index is -1.03. The quantitative estimate of drug-likeness (QED) is 0.197. The zero-order valence-electron chi connectivity index (χ0n) is 23.5. The second-order valence-electron chi connectivity index (χ2n) is 9.47. The molecular formula is C28H35F2N7O5. The maximum absolute atomic E-state index is 14.9. The van der Waals surface area contributed by atoms with Gasteiger partial charge in [-0.15, -0.1) is 0 Å². The number of aliphatic hydroxyl groups is 1. The van der Waals surface area contributed by atoms with Crippen LogP contribution in [0.1, 0.15) is 17.7 Å². The Kier molecular flexibility index (Phi) is 10.6. The second-order valence-corrected chi connectivity index (χ2v) is 9.47. The van der Waals surface area contributed by atoms with Gasteiger partial charge in [0.1, 0.15) is 5.84 Å². The minimum Gasteiger partial charge on any atom is -0.493 e. The van der Waals surface area contributed by atoms with Gasteiger partial charge in [0, 0.05) is 50.1 Å². The molecule has 1 amide bonds. The fourth-order valence-electron chi connectivity index (χ4n) is 4.53. The Morgan fingerprint density at radius 1 is 1.17 bits per heavy atom.